The number of nitro benzene ring substituents is 1. The van der Waals surface area contributed by atoms with E-state index in [0.29, 0.717) is 18.2 Å². The molecule has 1 aliphatic carbocycles. The van der Waals surface area contributed by atoms with Crippen LogP contribution < -0.4 is 5.32 Å². The summed E-state index contributed by atoms with van der Waals surface area (Å²) in [6, 6.07) is 4.02. The van der Waals surface area contributed by atoms with Crippen LogP contribution in [-0.2, 0) is 6.54 Å². The van der Waals surface area contributed by atoms with Crippen molar-refractivity contribution < 1.29 is 9.31 Å². The highest BCUT2D eigenvalue weighted by molar-refractivity contribution is 5.40. The number of nitrogens with zero attached hydrogens (tertiary/aromatic N) is 1. The van der Waals surface area contributed by atoms with Gasteiger partial charge in [-0.25, -0.2) is 4.39 Å². The maximum Gasteiger partial charge on any atom is 0.274 e. The second kappa shape index (κ2) is 7.33. The monoisotopic (exact) mass is 280 g/mol. The van der Waals surface area contributed by atoms with Crippen molar-refractivity contribution in [2.45, 2.75) is 57.5 Å². The summed E-state index contributed by atoms with van der Waals surface area (Å²) < 4.78 is 13.2. The largest absolute Gasteiger partial charge is 0.310 e. The summed E-state index contributed by atoms with van der Waals surface area (Å²) >= 11 is 0. The predicted molar refractivity (Wildman–Crippen MR) is 76.0 cm³/mol. The van der Waals surface area contributed by atoms with Crippen molar-refractivity contribution in [1.82, 2.24) is 5.32 Å². The number of benzene rings is 1. The second-order valence-corrected chi connectivity index (χ2v) is 5.45. The van der Waals surface area contributed by atoms with Gasteiger partial charge in [0.2, 0.25) is 0 Å². The lowest BCUT2D eigenvalue weighted by molar-refractivity contribution is -0.385. The van der Waals surface area contributed by atoms with Gasteiger partial charge in [-0.2, -0.15) is 0 Å². The molecule has 4 nitrogen and oxygen atoms in total. The highest BCUT2D eigenvalue weighted by Crippen LogP contribution is 2.21. The highest BCUT2D eigenvalue weighted by atomic mass is 19.1. The predicted octanol–water partition coefficient (Wildman–Crippen LogP) is 3.94. The molecule has 0 spiro atoms. The molecule has 1 N–H and O–H groups in total. The van der Waals surface area contributed by atoms with Gasteiger partial charge in [0.15, 0.2) is 0 Å². The number of hydrogen-bond donors (Lipinski definition) is 1. The molecule has 0 saturated heterocycles. The van der Waals surface area contributed by atoms with Crippen LogP contribution in [0.1, 0.15) is 50.5 Å². The van der Waals surface area contributed by atoms with E-state index in [2.05, 4.69) is 5.32 Å². The molecule has 1 aromatic carbocycles. The van der Waals surface area contributed by atoms with Gasteiger partial charge in [0.05, 0.1) is 4.92 Å². The van der Waals surface area contributed by atoms with Crippen molar-refractivity contribution in [3.8, 4) is 0 Å². The van der Waals surface area contributed by atoms with Gasteiger partial charge < -0.3 is 5.32 Å². The Morgan fingerprint density at radius 1 is 1.20 bits per heavy atom. The van der Waals surface area contributed by atoms with E-state index in [1.807, 2.05) is 0 Å². The van der Waals surface area contributed by atoms with Crippen LogP contribution in [0.25, 0.3) is 0 Å². The second-order valence-electron chi connectivity index (χ2n) is 5.45. The minimum absolute atomic E-state index is 0.00950. The van der Waals surface area contributed by atoms with Crippen molar-refractivity contribution in [3.63, 3.8) is 0 Å². The molecule has 0 aromatic heterocycles. The van der Waals surface area contributed by atoms with E-state index in [-0.39, 0.29) is 5.69 Å². The van der Waals surface area contributed by atoms with Crippen molar-refractivity contribution in [3.05, 3.63) is 39.7 Å². The van der Waals surface area contributed by atoms with E-state index < -0.39 is 10.7 Å². The van der Waals surface area contributed by atoms with Gasteiger partial charge in [-0.1, -0.05) is 32.1 Å². The van der Waals surface area contributed by atoms with Gasteiger partial charge in [0.1, 0.15) is 5.82 Å². The summed E-state index contributed by atoms with van der Waals surface area (Å²) in [4.78, 5) is 10.5. The third-order valence-corrected chi connectivity index (χ3v) is 3.92. The fourth-order valence-corrected chi connectivity index (χ4v) is 2.79. The van der Waals surface area contributed by atoms with Crippen molar-refractivity contribution in [1.29, 1.82) is 0 Å². The van der Waals surface area contributed by atoms with Crippen LogP contribution in [0.5, 0.6) is 0 Å². The van der Waals surface area contributed by atoms with E-state index in [1.54, 1.807) is 0 Å². The van der Waals surface area contributed by atoms with E-state index in [1.165, 1.54) is 44.2 Å². The summed E-state index contributed by atoms with van der Waals surface area (Å²) in [7, 11) is 0. The van der Waals surface area contributed by atoms with Gasteiger partial charge in [0, 0.05) is 24.2 Å². The molecular formula is C15H21FN2O2. The smallest absolute Gasteiger partial charge is 0.274 e. The van der Waals surface area contributed by atoms with Gasteiger partial charge in [-0.3, -0.25) is 10.1 Å². The van der Waals surface area contributed by atoms with Crippen LogP contribution in [0.2, 0.25) is 0 Å². The molecule has 0 bridgehead atoms. The summed E-state index contributed by atoms with van der Waals surface area (Å²) in [6.45, 7) is 0.360. The number of hydrogen-bond acceptors (Lipinski definition) is 3. The fourth-order valence-electron chi connectivity index (χ4n) is 2.79. The van der Waals surface area contributed by atoms with Crippen LogP contribution in [0, 0.1) is 15.9 Å². The molecule has 1 aliphatic rings. The normalized spacial score (nSPS) is 17.4. The molecule has 0 atom stereocenters. The highest BCUT2D eigenvalue weighted by Gasteiger charge is 2.16. The molecule has 20 heavy (non-hydrogen) atoms. The van der Waals surface area contributed by atoms with E-state index in [9.17, 15) is 14.5 Å². The van der Waals surface area contributed by atoms with Gasteiger partial charge in [-0.15, -0.1) is 0 Å². The SMILES string of the molecule is O=[N+]([O-])c1ccc(F)cc1CNC1CCCCCCC1. The zero-order valence-electron chi connectivity index (χ0n) is 11.6. The lowest BCUT2D eigenvalue weighted by Crippen LogP contribution is -2.29. The summed E-state index contributed by atoms with van der Waals surface area (Å²) in [6.07, 6.45) is 8.43. The summed E-state index contributed by atoms with van der Waals surface area (Å²) in [5, 5.41) is 14.3. The first-order valence-corrected chi connectivity index (χ1v) is 7.33. The van der Waals surface area contributed by atoms with E-state index >= 15 is 0 Å². The standard InChI is InChI=1S/C15H21FN2O2/c16-13-8-9-15(18(19)20)12(10-13)11-17-14-6-4-2-1-3-5-7-14/h8-10,14,17H,1-7,11H2. The topological polar surface area (TPSA) is 55.2 Å². The first-order valence-electron chi connectivity index (χ1n) is 7.33. The van der Waals surface area contributed by atoms with Crippen LogP contribution in [0.15, 0.2) is 18.2 Å². The molecule has 0 aliphatic heterocycles. The fraction of sp³-hybridized carbons (Fsp3) is 0.600. The average Bonchev–Trinajstić information content (AvgIpc) is 2.37. The molecule has 0 heterocycles. The summed E-state index contributed by atoms with van der Waals surface area (Å²) in [5.41, 5.74) is 0.418. The maximum atomic E-state index is 13.2. The zero-order chi connectivity index (χ0) is 14.4. The van der Waals surface area contributed by atoms with Crippen LogP contribution in [-0.4, -0.2) is 11.0 Å². The molecular weight excluding hydrogens is 259 g/mol. The molecule has 110 valence electrons. The lowest BCUT2D eigenvalue weighted by atomic mass is 9.96. The Balaban J connectivity index is 1.98. The molecule has 0 amide bonds. The molecule has 1 aromatic rings. The average molecular weight is 280 g/mol. The van der Waals surface area contributed by atoms with Gasteiger partial charge in [-0.05, 0) is 25.0 Å². The Bertz CT molecular complexity index is 457. The van der Waals surface area contributed by atoms with Crippen molar-refractivity contribution in [2.24, 2.45) is 0 Å². The number of rotatable bonds is 4. The molecule has 0 radical (unpaired) electrons. The van der Waals surface area contributed by atoms with Gasteiger partial charge >= 0.3 is 0 Å². The Hall–Kier alpha value is -1.49. The van der Waals surface area contributed by atoms with E-state index in [4.69, 9.17) is 0 Å². The Kier molecular flexibility index (Phi) is 5.47. The van der Waals surface area contributed by atoms with Crippen LogP contribution in [0.4, 0.5) is 10.1 Å². The first-order chi connectivity index (χ1) is 9.66. The Morgan fingerprint density at radius 3 is 2.50 bits per heavy atom. The maximum absolute atomic E-state index is 13.2. The van der Waals surface area contributed by atoms with Crippen molar-refractivity contribution in [2.75, 3.05) is 0 Å². The molecule has 0 unspecified atom stereocenters. The van der Waals surface area contributed by atoms with Crippen LogP contribution in [0.3, 0.4) is 0 Å². The molecule has 1 saturated carbocycles. The van der Waals surface area contributed by atoms with E-state index in [0.717, 1.165) is 18.9 Å². The molecule has 1 fully saturated rings. The molecule has 5 heteroatoms. The third-order valence-electron chi connectivity index (χ3n) is 3.92. The van der Waals surface area contributed by atoms with Crippen molar-refractivity contribution >= 4 is 5.69 Å². The lowest BCUT2D eigenvalue weighted by Gasteiger charge is -2.21. The van der Waals surface area contributed by atoms with Gasteiger partial charge in [0.25, 0.3) is 5.69 Å². The number of halogens is 1. The quantitative estimate of drug-likeness (QED) is 0.671. The third kappa shape index (κ3) is 4.27. The zero-order valence-corrected chi connectivity index (χ0v) is 11.6. The number of nitrogens with one attached hydrogen (secondary N) is 1. The minimum atomic E-state index is -0.450. The Labute approximate surface area is 118 Å². The Morgan fingerprint density at radius 2 is 1.85 bits per heavy atom. The van der Waals surface area contributed by atoms with Crippen LogP contribution >= 0.6 is 0 Å². The summed E-state index contributed by atoms with van der Waals surface area (Å²) in [5.74, 6) is -0.426. The number of nitro groups is 1. The minimum Gasteiger partial charge on any atom is -0.310 e. The molecule has 2 rings (SSSR count). The first kappa shape index (κ1) is 14.9.